The Morgan fingerprint density at radius 1 is 0.697 bits per heavy atom. The molecule has 4 nitrogen and oxygen atoms in total. The average molecular weight is 453 g/mol. The third kappa shape index (κ3) is 3.85. The van der Waals surface area contributed by atoms with Gasteiger partial charge in [-0.25, -0.2) is 4.39 Å². The fourth-order valence-corrected chi connectivity index (χ4v) is 4.88. The summed E-state index contributed by atoms with van der Waals surface area (Å²) in [5.74, 6) is -1.41. The summed E-state index contributed by atoms with van der Waals surface area (Å²) in [7, 11) is 0. The molecule has 1 N–H and O–H groups in total. The van der Waals surface area contributed by atoms with Crippen molar-refractivity contribution >= 4 is 34.9 Å². The topological polar surface area (TPSA) is 63.2 Å². The number of benzene rings is 4. The van der Waals surface area contributed by atoms with Crippen molar-refractivity contribution in [2.45, 2.75) is 9.79 Å². The first kappa shape index (κ1) is 20.8. The van der Waals surface area contributed by atoms with E-state index in [-0.39, 0.29) is 28.3 Å². The molecule has 1 amide bonds. The molecule has 4 aromatic carbocycles. The summed E-state index contributed by atoms with van der Waals surface area (Å²) in [5.41, 5.74) is 1.85. The number of nitrogens with one attached hydrogen (secondary N) is 1. The van der Waals surface area contributed by atoms with E-state index in [0.717, 1.165) is 4.90 Å². The van der Waals surface area contributed by atoms with Gasteiger partial charge in [-0.3, -0.25) is 14.4 Å². The van der Waals surface area contributed by atoms with Crippen molar-refractivity contribution < 1.29 is 18.8 Å². The minimum atomic E-state index is -0.457. The first-order valence-corrected chi connectivity index (χ1v) is 11.0. The Hall–Kier alpha value is -4.03. The van der Waals surface area contributed by atoms with Crippen LogP contribution in [0.3, 0.4) is 0 Å². The number of fused-ring (bicyclic) bond motifs is 2. The molecule has 0 atom stereocenters. The summed E-state index contributed by atoms with van der Waals surface area (Å²) in [6.07, 6.45) is 0. The fraction of sp³-hybridized carbons (Fsp3) is 0. The predicted molar refractivity (Wildman–Crippen MR) is 125 cm³/mol. The van der Waals surface area contributed by atoms with Gasteiger partial charge < -0.3 is 5.32 Å². The zero-order chi connectivity index (χ0) is 22.9. The maximum absolute atomic E-state index is 13.5. The summed E-state index contributed by atoms with van der Waals surface area (Å²) in [4.78, 5) is 41.1. The van der Waals surface area contributed by atoms with Crippen LogP contribution in [0.25, 0.3) is 0 Å². The van der Waals surface area contributed by atoms with Crippen LogP contribution in [0.15, 0.2) is 101 Å². The lowest BCUT2D eigenvalue weighted by molar-refractivity contribution is 0.0975. The van der Waals surface area contributed by atoms with Gasteiger partial charge in [-0.15, -0.1) is 0 Å². The molecule has 4 aromatic rings. The van der Waals surface area contributed by atoms with Crippen LogP contribution in [0.2, 0.25) is 0 Å². The van der Waals surface area contributed by atoms with Gasteiger partial charge in [0.15, 0.2) is 11.6 Å². The van der Waals surface area contributed by atoms with Gasteiger partial charge in [-0.1, -0.05) is 54.2 Å². The van der Waals surface area contributed by atoms with E-state index >= 15 is 0 Å². The van der Waals surface area contributed by atoms with Gasteiger partial charge in [-0.05, 0) is 48.5 Å². The summed E-state index contributed by atoms with van der Waals surface area (Å²) < 4.78 is 13.3. The van der Waals surface area contributed by atoms with Crippen LogP contribution in [0.5, 0.6) is 0 Å². The number of rotatable bonds is 4. The predicted octanol–water partition coefficient (Wildman–Crippen LogP) is 6.00. The van der Waals surface area contributed by atoms with Crippen LogP contribution < -0.4 is 5.32 Å². The molecule has 1 aliphatic rings. The largest absolute Gasteiger partial charge is 0.322 e. The molecule has 0 aliphatic heterocycles. The van der Waals surface area contributed by atoms with Crippen LogP contribution in [-0.2, 0) is 0 Å². The van der Waals surface area contributed by atoms with E-state index < -0.39 is 11.7 Å². The lowest BCUT2D eigenvalue weighted by Crippen LogP contribution is -2.24. The fourth-order valence-electron chi connectivity index (χ4n) is 3.78. The molecule has 0 spiro atoms. The lowest BCUT2D eigenvalue weighted by atomic mass is 9.83. The molecule has 160 valence electrons. The van der Waals surface area contributed by atoms with Gasteiger partial charge in [0.1, 0.15) is 5.82 Å². The molecule has 0 heterocycles. The maximum Gasteiger partial charge on any atom is 0.256 e. The number of anilines is 1. The van der Waals surface area contributed by atoms with Gasteiger partial charge in [0.05, 0.1) is 5.56 Å². The van der Waals surface area contributed by atoms with Crippen molar-refractivity contribution in [3.05, 3.63) is 125 Å². The highest BCUT2D eigenvalue weighted by Crippen LogP contribution is 2.39. The smallest absolute Gasteiger partial charge is 0.256 e. The molecule has 6 heteroatoms. The molecule has 5 rings (SSSR count). The Kier molecular flexibility index (Phi) is 5.36. The van der Waals surface area contributed by atoms with E-state index in [2.05, 4.69) is 5.32 Å². The maximum atomic E-state index is 13.5. The Labute approximate surface area is 193 Å². The quantitative estimate of drug-likeness (QED) is 0.362. The molecule has 1 aliphatic carbocycles. The first-order valence-electron chi connectivity index (χ1n) is 10.2. The van der Waals surface area contributed by atoms with Crippen LogP contribution in [0.1, 0.15) is 42.2 Å². The molecule has 33 heavy (non-hydrogen) atoms. The Morgan fingerprint density at radius 2 is 1.33 bits per heavy atom. The summed E-state index contributed by atoms with van der Waals surface area (Å²) in [6.45, 7) is 0. The summed E-state index contributed by atoms with van der Waals surface area (Å²) in [5, 5.41) is 2.75. The normalized spacial score (nSPS) is 12.2. The van der Waals surface area contributed by atoms with Gasteiger partial charge in [0.2, 0.25) is 0 Å². The molecule has 0 radical (unpaired) electrons. The van der Waals surface area contributed by atoms with E-state index in [1.807, 2.05) is 30.3 Å². The third-order valence-corrected chi connectivity index (χ3v) is 6.49. The lowest BCUT2D eigenvalue weighted by Gasteiger charge is -2.22. The number of hydrogen-bond donors (Lipinski definition) is 1. The van der Waals surface area contributed by atoms with E-state index in [0.29, 0.717) is 21.7 Å². The number of carbonyl (C=O) groups excluding carboxylic acids is 3. The van der Waals surface area contributed by atoms with Crippen LogP contribution in [-0.4, -0.2) is 17.5 Å². The van der Waals surface area contributed by atoms with E-state index in [1.165, 1.54) is 42.1 Å². The molecular weight excluding hydrogens is 437 g/mol. The number of ketones is 2. The van der Waals surface area contributed by atoms with Crippen LogP contribution in [0, 0.1) is 5.82 Å². The Balaban J connectivity index is 1.65. The number of carbonyl (C=O) groups is 3. The van der Waals surface area contributed by atoms with Crippen molar-refractivity contribution in [1.82, 2.24) is 0 Å². The van der Waals surface area contributed by atoms with E-state index in [9.17, 15) is 18.8 Å². The molecule has 0 bridgehead atoms. The van der Waals surface area contributed by atoms with Crippen molar-refractivity contribution in [2.75, 3.05) is 5.32 Å². The van der Waals surface area contributed by atoms with Crippen LogP contribution in [0.4, 0.5) is 10.1 Å². The van der Waals surface area contributed by atoms with E-state index in [1.54, 1.807) is 30.3 Å². The van der Waals surface area contributed by atoms with Crippen molar-refractivity contribution in [2.24, 2.45) is 0 Å². The van der Waals surface area contributed by atoms with Crippen LogP contribution >= 0.6 is 11.8 Å². The molecule has 0 saturated carbocycles. The average Bonchev–Trinajstić information content (AvgIpc) is 2.84. The molecule has 0 saturated heterocycles. The second-order valence-electron chi connectivity index (χ2n) is 7.44. The number of amides is 1. The molecular formula is C27H16FNO3S. The minimum absolute atomic E-state index is 0.222. The molecule has 0 unspecified atom stereocenters. The summed E-state index contributed by atoms with van der Waals surface area (Å²) >= 11 is 1.26. The third-order valence-electron chi connectivity index (χ3n) is 5.36. The van der Waals surface area contributed by atoms with Gasteiger partial charge >= 0.3 is 0 Å². The molecule has 0 fully saturated rings. The van der Waals surface area contributed by atoms with Gasteiger partial charge in [0.25, 0.3) is 5.91 Å². The summed E-state index contributed by atoms with van der Waals surface area (Å²) in [6, 6.07) is 24.5. The highest BCUT2D eigenvalue weighted by molar-refractivity contribution is 7.99. The number of halogens is 1. The first-order chi connectivity index (χ1) is 16.0. The number of hydrogen-bond acceptors (Lipinski definition) is 4. The second-order valence-corrected chi connectivity index (χ2v) is 8.53. The highest BCUT2D eigenvalue weighted by atomic mass is 32.2. The Bertz CT molecular complexity index is 1420. The standard InChI is InChI=1S/C27H16FNO3S/c28-16-10-12-17(13-11-16)29-27(32)22-15-14-21-23(26(22)33-18-6-2-1-3-7-18)25(31)20-9-5-4-8-19(20)24(21)30/h1-15H,(H,29,32). The van der Waals surface area contributed by atoms with Crippen molar-refractivity contribution in [3.63, 3.8) is 0 Å². The van der Waals surface area contributed by atoms with Crippen molar-refractivity contribution in [1.29, 1.82) is 0 Å². The zero-order valence-electron chi connectivity index (χ0n) is 17.2. The van der Waals surface area contributed by atoms with E-state index in [4.69, 9.17) is 0 Å². The minimum Gasteiger partial charge on any atom is -0.322 e. The SMILES string of the molecule is O=C(Nc1ccc(F)cc1)c1ccc2c(c1Sc1ccccc1)C(=O)c1ccccc1C2=O. The highest BCUT2D eigenvalue weighted by Gasteiger charge is 2.34. The second kappa shape index (κ2) is 8.48. The van der Waals surface area contributed by atoms with Gasteiger partial charge in [0, 0.05) is 37.7 Å². The monoisotopic (exact) mass is 453 g/mol. The Morgan fingerprint density at radius 3 is 2.03 bits per heavy atom. The van der Waals surface area contributed by atoms with Crippen molar-refractivity contribution in [3.8, 4) is 0 Å². The van der Waals surface area contributed by atoms with Gasteiger partial charge in [-0.2, -0.15) is 0 Å². The molecule has 0 aromatic heterocycles. The zero-order valence-corrected chi connectivity index (χ0v) is 18.0.